The van der Waals surface area contributed by atoms with E-state index in [4.69, 9.17) is 15.1 Å². The lowest BCUT2D eigenvalue weighted by molar-refractivity contribution is 0.481. The summed E-state index contributed by atoms with van der Waals surface area (Å²) in [6.45, 7) is 0. The Bertz CT molecular complexity index is 895. The number of fused-ring (bicyclic) bond motifs is 1. The molecule has 0 aliphatic heterocycles. The first-order chi connectivity index (χ1) is 10.8. The maximum absolute atomic E-state index is 6.39. The molecule has 0 bridgehead atoms. The van der Waals surface area contributed by atoms with Crippen molar-refractivity contribution in [3.05, 3.63) is 84.6 Å². The van der Waals surface area contributed by atoms with E-state index in [-0.39, 0.29) is 0 Å². The maximum atomic E-state index is 6.39. The molecule has 1 unspecified atom stereocenters. The van der Waals surface area contributed by atoms with E-state index in [1.54, 1.807) is 6.26 Å². The predicted molar refractivity (Wildman–Crippen MR) is 85.8 cm³/mol. The molecule has 4 rings (SSSR count). The van der Waals surface area contributed by atoms with Crippen LogP contribution in [0.5, 0.6) is 0 Å². The predicted octanol–water partition coefficient (Wildman–Crippen LogP) is 3.67. The van der Waals surface area contributed by atoms with Gasteiger partial charge in [0.15, 0.2) is 0 Å². The van der Waals surface area contributed by atoms with Crippen molar-refractivity contribution in [2.45, 2.75) is 6.04 Å². The summed E-state index contributed by atoms with van der Waals surface area (Å²) in [6.07, 6.45) is 1.63. The Morgan fingerprint density at radius 3 is 2.45 bits per heavy atom. The van der Waals surface area contributed by atoms with E-state index in [0.717, 1.165) is 22.5 Å². The lowest BCUT2D eigenvalue weighted by Crippen LogP contribution is -2.16. The standard InChI is InChI=1S/C18H15N3O/c19-17(16-11-6-12-22-16)18-20-14-9-4-5-10-15(14)21(18)13-7-2-1-3-8-13/h1-12,17H,19H2. The van der Waals surface area contributed by atoms with Gasteiger partial charge in [-0.15, -0.1) is 0 Å². The minimum Gasteiger partial charge on any atom is -0.467 e. The van der Waals surface area contributed by atoms with Crippen molar-refractivity contribution in [2.75, 3.05) is 0 Å². The maximum Gasteiger partial charge on any atom is 0.139 e. The number of hydrogen-bond donors (Lipinski definition) is 1. The summed E-state index contributed by atoms with van der Waals surface area (Å²) < 4.78 is 7.54. The largest absolute Gasteiger partial charge is 0.467 e. The third-order valence-corrected chi connectivity index (χ3v) is 3.73. The Hall–Kier alpha value is -2.85. The molecule has 4 nitrogen and oxygen atoms in total. The fraction of sp³-hybridized carbons (Fsp3) is 0.0556. The summed E-state index contributed by atoms with van der Waals surface area (Å²) in [7, 11) is 0. The Balaban J connectivity index is 1.98. The van der Waals surface area contributed by atoms with Gasteiger partial charge >= 0.3 is 0 Å². The highest BCUT2D eigenvalue weighted by Crippen LogP contribution is 2.27. The van der Waals surface area contributed by atoms with Crippen LogP contribution in [0.1, 0.15) is 17.6 Å². The van der Waals surface area contributed by atoms with Crippen molar-refractivity contribution in [3.63, 3.8) is 0 Å². The summed E-state index contributed by atoms with van der Waals surface area (Å²) in [4.78, 5) is 4.72. The zero-order valence-electron chi connectivity index (χ0n) is 11.9. The first kappa shape index (κ1) is 12.9. The molecule has 0 amide bonds. The van der Waals surface area contributed by atoms with Crippen LogP contribution < -0.4 is 5.73 Å². The van der Waals surface area contributed by atoms with Gasteiger partial charge < -0.3 is 10.2 Å². The number of nitrogens with zero attached hydrogens (tertiary/aromatic N) is 2. The first-order valence-electron chi connectivity index (χ1n) is 7.16. The molecule has 2 aromatic heterocycles. The fourth-order valence-corrected chi connectivity index (χ4v) is 2.70. The molecule has 0 saturated carbocycles. The number of rotatable bonds is 3. The van der Waals surface area contributed by atoms with Crippen molar-refractivity contribution in [1.82, 2.24) is 9.55 Å². The van der Waals surface area contributed by atoms with Gasteiger partial charge in [0.05, 0.1) is 17.3 Å². The zero-order valence-corrected chi connectivity index (χ0v) is 11.9. The van der Waals surface area contributed by atoms with Crippen LogP contribution >= 0.6 is 0 Å². The summed E-state index contributed by atoms with van der Waals surface area (Å²) in [5.74, 6) is 1.47. The SMILES string of the molecule is NC(c1ccco1)c1nc2ccccc2n1-c1ccccc1. The number of furan rings is 1. The van der Waals surface area contributed by atoms with Crippen LogP contribution in [-0.4, -0.2) is 9.55 Å². The molecule has 1 atom stereocenters. The molecule has 108 valence electrons. The number of benzene rings is 2. The third kappa shape index (κ3) is 2.01. The zero-order chi connectivity index (χ0) is 14.9. The monoisotopic (exact) mass is 289 g/mol. The molecule has 0 fully saturated rings. The van der Waals surface area contributed by atoms with Gasteiger partial charge in [-0.05, 0) is 36.4 Å². The van der Waals surface area contributed by atoms with Crippen LogP contribution in [0.2, 0.25) is 0 Å². The second-order valence-electron chi connectivity index (χ2n) is 5.12. The van der Waals surface area contributed by atoms with E-state index in [9.17, 15) is 0 Å². The minimum absolute atomic E-state index is 0.414. The molecule has 22 heavy (non-hydrogen) atoms. The van der Waals surface area contributed by atoms with Crippen LogP contribution in [0.15, 0.2) is 77.4 Å². The van der Waals surface area contributed by atoms with E-state index >= 15 is 0 Å². The molecule has 0 spiro atoms. The molecule has 0 saturated heterocycles. The lowest BCUT2D eigenvalue weighted by atomic mass is 10.2. The van der Waals surface area contributed by atoms with E-state index in [0.29, 0.717) is 5.76 Å². The molecule has 0 aliphatic rings. The average molecular weight is 289 g/mol. The molecule has 0 radical (unpaired) electrons. The minimum atomic E-state index is -0.414. The van der Waals surface area contributed by atoms with Crippen LogP contribution in [0.3, 0.4) is 0 Å². The van der Waals surface area contributed by atoms with Crippen molar-refractivity contribution >= 4 is 11.0 Å². The second kappa shape index (κ2) is 5.16. The van der Waals surface area contributed by atoms with Gasteiger partial charge in [0.2, 0.25) is 0 Å². The smallest absolute Gasteiger partial charge is 0.139 e. The molecule has 2 N–H and O–H groups in total. The van der Waals surface area contributed by atoms with Gasteiger partial charge in [0, 0.05) is 5.69 Å². The van der Waals surface area contributed by atoms with E-state index in [1.807, 2.05) is 66.7 Å². The summed E-state index contributed by atoms with van der Waals surface area (Å²) >= 11 is 0. The highest BCUT2D eigenvalue weighted by atomic mass is 16.3. The first-order valence-corrected chi connectivity index (χ1v) is 7.16. The molecule has 2 heterocycles. The lowest BCUT2D eigenvalue weighted by Gasteiger charge is -2.13. The van der Waals surface area contributed by atoms with Crippen LogP contribution in [-0.2, 0) is 0 Å². The van der Waals surface area contributed by atoms with Gasteiger partial charge in [0.1, 0.15) is 17.6 Å². The quantitative estimate of drug-likeness (QED) is 0.626. The van der Waals surface area contributed by atoms with Gasteiger partial charge in [-0.1, -0.05) is 30.3 Å². The van der Waals surface area contributed by atoms with Crippen molar-refractivity contribution in [1.29, 1.82) is 0 Å². The van der Waals surface area contributed by atoms with E-state index in [2.05, 4.69) is 4.57 Å². The summed E-state index contributed by atoms with van der Waals surface area (Å²) in [5, 5.41) is 0. The Morgan fingerprint density at radius 1 is 0.909 bits per heavy atom. The van der Waals surface area contributed by atoms with Crippen molar-refractivity contribution in [2.24, 2.45) is 5.73 Å². The Labute approximate surface area is 127 Å². The average Bonchev–Trinajstić information content (AvgIpc) is 3.22. The molecular weight excluding hydrogens is 274 g/mol. The molecule has 4 heteroatoms. The number of nitrogens with two attached hydrogens (primary N) is 1. The fourth-order valence-electron chi connectivity index (χ4n) is 2.70. The molecule has 0 aliphatic carbocycles. The van der Waals surface area contributed by atoms with Crippen LogP contribution in [0.25, 0.3) is 16.7 Å². The Kier molecular flexibility index (Phi) is 3.02. The number of para-hydroxylation sites is 3. The molecule has 4 aromatic rings. The highest BCUT2D eigenvalue weighted by molar-refractivity contribution is 5.78. The number of imidazole rings is 1. The normalized spacial score (nSPS) is 12.6. The Morgan fingerprint density at radius 2 is 1.68 bits per heavy atom. The second-order valence-corrected chi connectivity index (χ2v) is 5.12. The highest BCUT2D eigenvalue weighted by Gasteiger charge is 2.21. The molecular formula is C18H15N3O. The van der Waals surface area contributed by atoms with Gasteiger partial charge in [0.25, 0.3) is 0 Å². The third-order valence-electron chi connectivity index (χ3n) is 3.73. The number of hydrogen-bond acceptors (Lipinski definition) is 3. The summed E-state index contributed by atoms with van der Waals surface area (Å²) in [6, 6.07) is 21.4. The van der Waals surface area contributed by atoms with Gasteiger partial charge in [-0.3, -0.25) is 4.57 Å². The van der Waals surface area contributed by atoms with Gasteiger partial charge in [-0.2, -0.15) is 0 Å². The van der Waals surface area contributed by atoms with Crippen LogP contribution in [0.4, 0.5) is 0 Å². The topological polar surface area (TPSA) is 57.0 Å². The summed E-state index contributed by atoms with van der Waals surface area (Å²) in [5.41, 5.74) is 9.37. The molecule has 2 aromatic carbocycles. The number of aromatic nitrogens is 2. The van der Waals surface area contributed by atoms with E-state index < -0.39 is 6.04 Å². The van der Waals surface area contributed by atoms with Crippen LogP contribution in [0, 0.1) is 0 Å². The van der Waals surface area contributed by atoms with E-state index in [1.165, 1.54) is 0 Å². The van der Waals surface area contributed by atoms with Crippen molar-refractivity contribution in [3.8, 4) is 5.69 Å². The van der Waals surface area contributed by atoms with Crippen molar-refractivity contribution < 1.29 is 4.42 Å². The van der Waals surface area contributed by atoms with Gasteiger partial charge in [-0.25, -0.2) is 4.98 Å².